The molecule has 96 valence electrons. The lowest BCUT2D eigenvalue weighted by Gasteiger charge is -2.06. The third kappa shape index (κ3) is 4.44. The SMILES string of the molecule is CC(C)CCOCCn1cc(N)c(C(N)=O)n1. The highest BCUT2D eigenvalue weighted by Crippen LogP contribution is 2.07. The molecule has 1 heterocycles. The van der Waals surface area contributed by atoms with Crippen LogP contribution in [0.3, 0.4) is 0 Å². The van der Waals surface area contributed by atoms with Crippen LogP contribution in [0.25, 0.3) is 0 Å². The lowest BCUT2D eigenvalue weighted by Crippen LogP contribution is -2.15. The molecule has 6 nitrogen and oxygen atoms in total. The second-order valence-corrected chi connectivity index (χ2v) is 4.36. The number of nitrogens with two attached hydrogens (primary N) is 2. The molecule has 0 aliphatic carbocycles. The summed E-state index contributed by atoms with van der Waals surface area (Å²) >= 11 is 0. The summed E-state index contributed by atoms with van der Waals surface area (Å²) in [5.41, 5.74) is 11.1. The van der Waals surface area contributed by atoms with Gasteiger partial charge in [-0.15, -0.1) is 0 Å². The molecule has 0 aliphatic heterocycles. The Balaban J connectivity index is 2.32. The normalized spacial score (nSPS) is 11.0. The number of amides is 1. The Morgan fingerprint density at radius 3 is 2.76 bits per heavy atom. The maximum Gasteiger partial charge on any atom is 0.271 e. The first-order chi connectivity index (χ1) is 8.00. The average Bonchev–Trinajstić information content (AvgIpc) is 2.59. The van der Waals surface area contributed by atoms with Gasteiger partial charge in [-0.2, -0.15) is 5.10 Å². The number of carbonyl (C=O) groups excluding carboxylic acids is 1. The number of hydrogen-bond acceptors (Lipinski definition) is 4. The summed E-state index contributed by atoms with van der Waals surface area (Å²) in [7, 11) is 0. The number of nitrogens with zero attached hydrogens (tertiary/aromatic N) is 2. The van der Waals surface area contributed by atoms with Crippen LogP contribution in [-0.4, -0.2) is 28.9 Å². The van der Waals surface area contributed by atoms with E-state index >= 15 is 0 Å². The maximum atomic E-state index is 10.9. The summed E-state index contributed by atoms with van der Waals surface area (Å²) in [5.74, 6) is 0.0267. The number of nitrogen functional groups attached to an aromatic ring is 1. The van der Waals surface area contributed by atoms with E-state index < -0.39 is 5.91 Å². The highest BCUT2D eigenvalue weighted by Gasteiger charge is 2.10. The summed E-state index contributed by atoms with van der Waals surface area (Å²) in [6.45, 7) is 6.14. The van der Waals surface area contributed by atoms with Crippen LogP contribution in [0.1, 0.15) is 30.8 Å². The van der Waals surface area contributed by atoms with E-state index in [0.29, 0.717) is 24.8 Å². The van der Waals surface area contributed by atoms with Gasteiger partial charge in [0.15, 0.2) is 5.69 Å². The molecule has 17 heavy (non-hydrogen) atoms. The lowest BCUT2D eigenvalue weighted by molar-refractivity contribution is 0.0991. The molecular formula is C11H20N4O2. The Kier molecular flexibility index (Phi) is 4.96. The zero-order valence-corrected chi connectivity index (χ0v) is 10.3. The minimum atomic E-state index is -0.609. The summed E-state index contributed by atoms with van der Waals surface area (Å²) in [6.07, 6.45) is 2.62. The van der Waals surface area contributed by atoms with E-state index in [0.717, 1.165) is 13.0 Å². The molecule has 0 aromatic carbocycles. The molecule has 1 amide bonds. The van der Waals surface area contributed by atoms with Crippen LogP contribution >= 0.6 is 0 Å². The van der Waals surface area contributed by atoms with Gasteiger partial charge in [-0.05, 0) is 12.3 Å². The van der Waals surface area contributed by atoms with Crippen LogP contribution in [0.5, 0.6) is 0 Å². The summed E-state index contributed by atoms with van der Waals surface area (Å²) in [6, 6.07) is 0. The second-order valence-electron chi connectivity index (χ2n) is 4.36. The fraction of sp³-hybridized carbons (Fsp3) is 0.636. The standard InChI is InChI=1S/C11H20N4O2/c1-8(2)3-5-17-6-4-15-7-9(12)10(14-15)11(13)16/h7-8H,3-6,12H2,1-2H3,(H2,13,16). The first-order valence-corrected chi connectivity index (χ1v) is 5.71. The third-order valence-corrected chi connectivity index (χ3v) is 2.33. The van der Waals surface area contributed by atoms with Crippen molar-refractivity contribution in [2.75, 3.05) is 18.9 Å². The first kappa shape index (κ1) is 13.5. The van der Waals surface area contributed by atoms with Crippen molar-refractivity contribution in [1.82, 2.24) is 9.78 Å². The largest absolute Gasteiger partial charge is 0.396 e. The number of rotatable bonds is 7. The van der Waals surface area contributed by atoms with Gasteiger partial charge in [0.1, 0.15) is 0 Å². The minimum absolute atomic E-state index is 0.118. The molecule has 0 atom stereocenters. The number of primary amides is 1. The Hall–Kier alpha value is -1.56. The zero-order valence-electron chi connectivity index (χ0n) is 10.3. The molecule has 0 fully saturated rings. The minimum Gasteiger partial charge on any atom is -0.396 e. The summed E-state index contributed by atoms with van der Waals surface area (Å²) in [5, 5.41) is 3.98. The molecular weight excluding hydrogens is 220 g/mol. The Bertz CT molecular complexity index is 374. The van der Waals surface area contributed by atoms with Crippen LogP contribution < -0.4 is 11.5 Å². The zero-order chi connectivity index (χ0) is 12.8. The van der Waals surface area contributed by atoms with Crippen molar-refractivity contribution in [2.24, 2.45) is 11.7 Å². The van der Waals surface area contributed by atoms with Crippen molar-refractivity contribution in [3.05, 3.63) is 11.9 Å². The molecule has 0 aliphatic rings. The first-order valence-electron chi connectivity index (χ1n) is 5.71. The monoisotopic (exact) mass is 240 g/mol. The van der Waals surface area contributed by atoms with Crippen molar-refractivity contribution < 1.29 is 9.53 Å². The van der Waals surface area contributed by atoms with Gasteiger partial charge in [0, 0.05) is 12.8 Å². The summed E-state index contributed by atoms with van der Waals surface area (Å²) in [4.78, 5) is 10.9. The average molecular weight is 240 g/mol. The highest BCUT2D eigenvalue weighted by atomic mass is 16.5. The molecule has 0 saturated carbocycles. The molecule has 0 bridgehead atoms. The molecule has 6 heteroatoms. The highest BCUT2D eigenvalue weighted by molar-refractivity contribution is 5.95. The van der Waals surface area contributed by atoms with Gasteiger partial charge in [-0.25, -0.2) is 0 Å². The van der Waals surface area contributed by atoms with Crippen LogP contribution in [-0.2, 0) is 11.3 Å². The van der Waals surface area contributed by atoms with Gasteiger partial charge in [0.05, 0.1) is 18.8 Å². The van der Waals surface area contributed by atoms with Crippen molar-refractivity contribution in [3.63, 3.8) is 0 Å². The topological polar surface area (TPSA) is 96.2 Å². The Morgan fingerprint density at radius 2 is 2.24 bits per heavy atom. The van der Waals surface area contributed by atoms with E-state index in [1.54, 1.807) is 10.9 Å². The molecule has 0 spiro atoms. The molecule has 1 aromatic rings. The smallest absolute Gasteiger partial charge is 0.271 e. The van der Waals surface area contributed by atoms with Crippen LogP contribution in [0.2, 0.25) is 0 Å². The molecule has 0 radical (unpaired) electrons. The number of carbonyl (C=O) groups is 1. The molecule has 1 aromatic heterocycles. The molecule has 0 saturated heterocycles. The van der Waals surface area contributed by atoms with Gasteiger partial charge in [0.25, 0.3) is 5.91 Å². The van der Waals surface area contributed by atoms with Gasteiger partial charge < -0.3 is 16.2 Å². The van der Waals surface area contributed by atoms with Crippen molar-refractivity contribution >= 4 is 11.6 Å². The van der Waals surface area contributed by atoms with Gasteiger partial charge in [0.2, 0.25) is 0 Å². The van der Waals surface area contributed by atoms with E-state index in [-0.39, 0.29) is 5.69 Å². The number of hydrogen-bond donors (Lipinski definition) is 2. The molecule has 1 rings (SSSR count). The van der Waals surface area contributed by atoms with E-state index in [4.69, 9.17) is 16.2 Å². The van der Waals surface area contributed by atoms with Crippen molar-refractivity contribution in [1.29, 1.82) is 0 Å². The van der Waals surface area contributed by atoms with E-state index in [1.807, 2.05) is 0 Å². The van der Waals surface area contributed by atoms with Crippen LogP contribution in [0.4, 0.5) is 5.69 Å². The van der Waals surface area contributed by atoms with Crippen LogP contribution in [0.15, 0.2) is 6.20 Å². The second kappa shape index (κ2) is 6.24. The predicted octanol–water partition coefficient (Wildman–Crippen LogP) is 0.627. The maximum absolute atomic E-state index is 10.9. The Labute approximate surface area is 101 Å². The predicted molar refractivity (Wildman–Crippen MR) is 65.4 cm³/mol. The van der Waals surface area contributed by atoms with Crippen molar-refractivity contribution in [3.8, 4) is 0 Å². The van der Waals surface area contributed by atoms with E-state index in [2.05, 4.69) is 18.9 Å². The van der Waals surface area contributed by atoms with E-state index in [1.165, 1.54) is 0 Å². The number of anilines is 1. The summed E-state index contributed by atoms with van der Waals surface area (Å²) < 4.78 is 7.01. The van der Waals surface area contributed by atoms with Gasteiger partial charge in [-0.3, -0.25) is 9.48 Å². The fourth-order valence-electron chi connectivity index (χ4n) is 1.32. The van der Waals surface area contributed by atoms with Crippen LogP contribution in [0, 0.1) is 5.92 Å². The third-order valence-electron chi connectivity index (χ3n) is 2.33. The van der Waals surface area contributed by atoms with Gasteiger partial charge >= 0.3 is 0 Å². The van der Waals surface area contributed by atoms with Crippen molar-refractivity contribution in [2.45, 2.75) is 26.8 Å². The fourth-order valence-corrected chi connectivity index (χ4v) is 1.32. The number of aromatic nitrogens is 2. The molecule has 4 N–H and O–H groups in total. The molecule has 0 unspecified atom stereocenters. The Morgan fingerprint density at radius 1 is 1.53 bits per heavy atom. The van der Waals surface area contributed by atoms with E-state index in [9.17, 15) is 4.79 Å². The van der Waals surface area contributed by atoms with Gasteiger partial charge in [-0.1, -0.05) is 13.8 Å². The number of ether oxygens (including phenoxy) is 1. The quantitative estimate of drug-likeness (QED) is 0.683. The lowest BCUT2D eigenvalue weighted by atomic mass is 10.1.